The molecule has 2 aromatic rings. The maximum atomic E-state index is 12.5. The first-order valence-corrected chi connectivity index (χ1v) is 13.1. The van der Waals surface area contributed by atoms with Gasteiger partial charge in [-0.3, -0.25) is 9.59 Å². The highest BCUT2D eigenvalue weighted by Crippen LogP contribution is 2.28. The first-order chi connectivity index (χ1) is 17.9. The third-order valence-corrected chi connectivity index (χ3v) is 7.14. The number of nitrogens with zero attached hydrogens (tertiary/aromatic N) is 2. The van der Waals surface area contributed by atoms with Crippen molar-refractivity contribution in [2.24, 2.45) is 5.92 Å². The molecule has 3 N–H and O–H groups in total. The molecule has 0 aromatic heterocycles. The molecular formula is C27H33ClN4O5. The van der Waals surface area contributed by atoms with Gasteiger partial charge in [-0.15, -0.1) is 0 Å². The molecule has 37 heavy (non-hydrogen) atoms. The number of carboxylic acids is 1. The molecule has 1 aliphatic carbocycles. The average molecular weight is 529 g/mol. The highest BCUT2D eigenvalue weighted by atomic mass is 35.5. The van der Waals surface area contributed by atoms with Crippen LogP contribution in [0.15, 0.2) is 48.5 Å². The van der Waals surface area contributed by atoms with Gasteiger partial charge in [0, 0.05) is 55.5 Å². The van der Waals surface area contributed by atoms with Crippen LogP contribution in [-0.4, -0.2) is 73.3 Å². The first kappa shape index (κ1) is 26.6. The van der Waals surface area contributed by atoms with Crippen molar-refractivity contribution in [3.8, 4) is 5.75 Å². The van der Waals surface area contributed by atoms with Crippen molar-refractivity contribution >= 4 is 35.2 Å². The van der Waals surface area contributed by atoms with Crippen LogP contribution in [0.1, 0.15) is 36.0 Å². The Hall–Kier alpha value is -3.46. The molecule has 0 bridgehead atoms. The molecule has 0 radical (unpaired) electrons. The number of urea groups is 1. The Morgan fingerprint density at radius 3 is 2.11 bits per heavy atom. The molecule has 1 saturated carbocycles. The lowest BCUT2D eigenvalue weighted by Crippen LogP contribution is -2.52. The van der Waals surface area contributed by atoms with Gasteiger partial charge in [-0.05, 0) is 74.2 Å². The number of hydrogen-bond donors (Lipinski definition) is 3. The van der Waals surface area contributed by atoms with E-state index < -0.39 is 5.97 Å². The number of ether oxygens (including phenoxy) is 1. The Morgan fingerprint density at radius 1 is 0.865 bits per heavy atom. The highest BCUT2D eigenvalue weighted by Gasteiger charge is 2.27. The van der Waals surface area contributed by atoms with Gasteiger partial charge in [0.05, 0.1) is 12.0 Å². The van der Waals surface area contributed by atoms with E-state index in [0.717, 1.165) is 18.8 Å². The summed E-state index contributed by atoms with van der Waals surface area (Å²) in [6.07, 6.45) is 2.67. The van der Waals surface area contributed by atoms with E-state index in [9.17, 15) is 14.4 Å². The molecule has 0 atom stereocenters. The highest BCUT2D eigenvalue weighted by molar-refractivity contribution is 6.30. The smallest absolute Gasteiger partial charge is 0.317 e. The Morgan fingerprint density at radius 2 is 1.49 bits per heavy atom. The lowest BCUT2D eigenvalue weighted by molar-refractivity contribution is -0.143. The summed E-state index contributed by atoms with van der Waals surface area (Å²) in [5.74, 6) is -0.569. The van der Waals surface area contributed by atoms with Gasteiger partial charge in [0.1, 0.15) is 5.75 Å². The second kappa shape index (κ2) is 12.7. The van der Waals surface area contributed by atoms with E-state index in [2.05, 4.69) is 15.5 Å². The minimum absolute atomic E-state index is 0.000647. The molecule has 1 aliphatic heterocycles. The van der Waals surface area contributed by atoms with Gasteiger partial charge in [-0.2, -0.15) is 0 Å². The van der Waals surface area contributed by atoms with Gasteiger partial charge < -0.3 is 30.3 Å². The van der Waals surface area contributed by atoms with Crippen molar-refractivity contribution in [2.75, 3.05) is 44.2 Å². The lowest BCUT2D eigenvalue weighted by atomic mass is 9.87. The fourth-order valence-corrected chi connectivity index (χ4v) is 4.81. The van der Waals surface area contributed by atoms with Crippen molar-refractivity contribution in [3.63, 3.8) is 0 Å². The van der Waals surface area contributed by atoms with E-state index in [1.54, 1.807) is 29.2 Å². The summed E-state index contributed by atoms with van der Waals surface area (Å²) in [7, 11) is 0. The van der Waals surface area contributed by atoms with Gasteiger partial charge in [-0.25, -0.2) is 4.79 Å². The fourth-order valence-electron chi connectivity index (χ4n) is 4.68. The number of hydrogen-bond acceptors (Lipinski definition) is 5. The second-order valence-corrected chi connectivity index (χ2v) is 9.83. The Bertz CT molecular complexity index is 1060. The predicted octanol–water partition coefficient (Wildman–Crippen LogP) is 3.62. The number of nitrogens with one attached hydrogen (secondary N) is 2. The standard InChI is InChI=1S/C27H33ClN4O5/c28-21-5-7-22(8-6-21)31-15-17-32(18-16-31)27(36)30-14-13-29-25(33)19-1-9-23(10-2-19)37-24-11-3-20(4-12-24)26(34)35/h1-2,5-10,20,24H,3-4,11-18H2,(H,29,33)(H,30,36)(H,34,35)/t20-,24+. The summed E-state index contributed by atoms with van der Waals surface area (Å²) in [4.78, 5) is 40.0. The van der Waals surface area contributed by atoms with Gasteiger partial charge in [0.25, 0.3) is 5.91 Å². The molecule has 3 amide bonds. The average Bonchev–Trinajstić information content (AvgIpc) is 2.92. The quantitative estimate of drug-likeness (QED) is 0.451. The second-order valence-electron chi connectivity index (χ2n) is 9.39. The summed E-state index contributed by atoms with van der Waals surface area (Å²) in [6, 6.07) is 14.5. The van der Waals surface area contributed by atoms with Crippen LogP contribution in [0.2, 0.25) is 5.02 Å². The molecule has 1 heterocycles. The maximum Gasteiger partial charge on any atom is 0.317 e. The first-order valence-electron chi connectivity index (χ1n) is 12.7. The van der Waals surface area contributed by atoms with E-state index in [0.29, 0.717) is 68.2 Å². The molecular weight excluding hydrogens is 496 g/mol. The number of benzene rings is 2. The monoisotopic (exact) mass is 528 g/mol. The molecule has 2 fully saturated rings. The summed E-state index contributed by atoms with van der Waals surface area (Å²) in [5, 5.41) is 15.5. The third-order valence-electron chi connectivity index (χ3n) is 6.89. The molecule has 2 aliphatic rings. The van der Waals surface area contributed by atoms with Gasteiger partial charge in [0.15, 0.2) is 0 Å². The van der Waals surface area contributed by atoms with Crippen molar-refractivity contribution in [1.82, 2.24) is 15.5 Å². The number of carbonyl (C=O) groups excluding carboxylic acids is 2. The van der Waals surface area contributed by atoms with Crippen LogP contribution in [0.5, 0.6) is 5.75 Å². The van der Waals surface area contributed by atoms with Crippen LogP contribution in [0.25, 0.3) is 0 Å². The van der Waals surface area contributed by atoms with E-state index >= 15 is 0 Å². The van der Waals surface area contributed by atoms with Crippen LogP contribution < -0.4 is 20.3 Å². The minimum Gasteiger partial charge on any atom is -0.490 e. The summed E-state index contributed by atoms with van der Waals surface area (Å²) < 4.78 is 5.95. The summed E-state index contributed by atoms with van der Waals surface area (Å²) in [6.45, 7) is 3.39. The van der Waals surface area contributed by atoms with Crippen LogP contribution in [0.3, 0.4) is 0 Å². The van der Waals surface area contributed by atoms with Gasteiger partial charge in [0.2, 0.25) is 0 Å². The number of carbonyl (C=O) groups is 3. The molecule has 2 aromatic carbocycles. The normalized spacial score (nSPS) is 19.7. The topological polar surface area (TPSA) is 111 Å². The number of aliphatic carboxylic acids is 1. The molecule has 0 unspecified atom stereocenters. The zero-order chi connectivity index (χ0) is 26.2. The minimum atomic E-state index is -0.735. The van der Waals surface area contributed by atoms with E-state index in [1.165, 1.54) is 0 Å². The van der Waals surface area contributed by atoms with E-state index in [-0.39, 0.29) is 24.0 Å². The van der Waals surface area contributed by atoms with Crippen LogP contribution in [-0.2, 0) is 4.79 Å². The number of rotatable bonds is 8. The molecule has 9 nitrogen and oxygen atoms in total. The van der Waals surface area contributed by atoms with Crippen LogP contribution in [0.4, 0.5) is 10.5 Å². The Kier molecular flexibility index (Phi) is 9.11. The lowest BCUT2D eigenvalue weighted by Gasteiger charge is -2.36. The molecule has 10 heteroatoms. The largest absolute Gasteiger partial charge is 0.490 e. The van der Waals surface area contributed by atoms with Crippen molar-refractivity contribution in [3.05, 3.63) is 59.1 Å². The number of amides is 3. The summed E-state index contributed by atoms with van der Waals surface area (Å²) in [5.41, 5.74) is 1.60. The summed E-state index contributed by atoms with van der Waals surface area (Å²) >= 11 is 5.96. The molecule has 198 valence electrons. The molecule has 1 saturated heterocycles. The molecule has 0 spiro atoms. The van der Waals surface area contributed by atoms with Crippen molar-refractivity contribution < 1.29 is 24.2 Å². The zero-order valence-corrected chi connectivity index (χ0v) is 21.5. The third kappa shape index (κ3) is 7.52. The van der Waals surface area contributed by atoms with Gasteiger partial charge >= 0.3 is 12.0 Å². The van der Waals surface area contributed by atoms with E-state index in [4.69, 9.17) is 21.4 Å². The van der Waals surface area contributed by atoms with Crippen molar-refractivity contribution in [2.45, 2.75) is 31.8 Å². The van der Waals surface area contributed by atoms with Crippen molar-refractivity contribution in [1.29, 1.82) is 0 Å². The SMILES string of the molecule is O=C(NCCNC(=O)N1CCN(c2ccc(Cl)cc2)CC1)c1ccc(O[C@H]2CC[C@@H](C(=O)O)CC2)cc1. The zero-order valence-electron chi connectivity index (χ0n) is 20.7. The number of halogens is 1. The number of carboxylic acid groups (broad SMARTS) is 1. The Labute approximate surface area is 221 Å². The number of anilines is 1. The van der Waals surface area contributed by atoms with E-state index in [1.807, 2.05) is 24.3 Å². The Balaban J connectivity index is 1.12. The van der Waals surface area contributed by atoms with Crippen LogP contribution >= 0.6 is 11.6 Å². The predicted molar refractivity (Wildman–Crippen MR) is 141 cm³/mol. The van der Waals surface area contributed by atoms with Gasteiger partial charge in [-0.1, -0.05) is 11.6 Å². The number of piperazine rings is 1. The molecule has 4 rings (SSSR count). The fraction of sp³-hybridized carbons (Fsp3) is 0.444. The maximum absolute atomic E-state index is 12.5. The van der Waals surface area contributed by atoms with Crippen LogP contribution in [0, 0.1) is 5.92 Å².